The lowest BCUT2D eigenvalue weighted by molar-refractivity contribution is 0.0733. The van der Waals surface area contributed by atoms with Crippen molar-refractivity contribution < 1.29 is 18.7 Å². The van der Waals surface area contributed by atoms with Crippen LogP contribution in [0.1, 0.15) is 34.8 Å². The Morgan fingerprint density at radius 3 is 2.50 bits per heavy atom. The molecule has 5 heteroatoms. The fourth-order valence-corrected chi connectivity index (χ4v) is 2.88. The van der Waals surface area contributed by atoms with Crippen LogP contribution in [0.5, 0.6) is 11.5 Å². The summed E-state index contributed by atoms with van der Waals surface area (Å²) in [5, 5.41) is 0.869. The van der Waals surface area contributed by atoms with Crippen molar-refractivity contribution in [3.05, 3.63) is 69.6 Å². The van der Waals surface area contributed by atoms with Crippen LogP contribution in [-0.4, -0.2) is 13.1 Å². The molecule has 0 radical (unpaired) electrons. The average molecular weight is 352 g/mol. The van der Waals surface area contributed by atoms with Crippen LogP contribution < -0.4 is 15.1 Å². The number of carbonyl (C=O) groups excluding carboxylic acids is 1. The van der Waals surface area contributed by atoms with Gasteiger partial charge in [-0.25, -0.2) is 9.59 Å². The van der Waals surface area contributed by atoms with Gasteiger partial charge in [0.15, 0.2) is 0 Å². The first-order valence-electron chi connectivity index (χ1n) is 8.46. The molecular formula is C21H20O5. The summed E-state index contributed by atoms with van der Waals surface area (Å²) in [4.78, 5) is 24.2. The highest BCUT2D eigenvalue weighted by Gasteiger charge is 2.15. The van der Waals surface area contributed by atoms with Gasteiger partial charge >= 0.3 is 11.6 Å². The molecule has 0 amide bonds. The van der Waals surface area contributed by atoms with Crippen molar-refractivity contribution in [2.75, 3.05) is 7.11 Å². The molecule has 0 aliphatic heterocycles. The van der Waals surface area contributed by atoms with Gasteiger partial charge in [-0.1, -0.05) is 13.3 Å². The lowest BCUT2D eigenvalue weighted by Crippen LogP contribution is -2.10. The molecule has 0 unspecified atom stereocenters. The first-order chi connectivity index (χ1) is 12.5. The zero-order valence-electron chi connectivity index (χ0n) is 15.0. The van der Waals surface area contributed by atoms with Crippen molar-refractivity contribution in [2.45, 2.75) is 26.7 Å². The molecule has 0 aliphatic carbocycles. The van der Waals surface area contributed by atoms with E-state index >= 15 is 0 Å². The Kier molecular flexibility index (Phi) is 5.07. The Morgan fingerprint density at radius 2 is 1.85 bits per heavy atom. The number of hydrogen-bond acceptors (Lipinski definition) is 5. The van der Waals surface area contributed by atoms with Crippen molar-refractivity contribution in [2.24, 2.45) is 0 Å². The van der Waals surface area contributed by atoms with Crippen LogP contribution in [0, 0.1) is 6.92 Å². The molecule has 2 aromatic carbocycles. The van der Waals surface area contributed by atoms with Gasteiger partial charge in [0, 0.05) is 17.0 Å². The summed E-state index contributed by atoms with van der Waals surface area (Å²) >= 11 is 0. The standard InChI is InChI=1S/C21H20O5/c1-4-5-15-12-19(22)26-20-13(2)18(11-10-17(15)20)25-21(23)14-6-8-16(24-3)9-7-14/h6-12H,4-5H2,1-3H3. The maximum atomic E-state index is 12.4. The van der Waals surface area contributed by atoms with Gasteiger partial charge in [0.05, 0.1) is 12.7 Å². The first kappa shape index (κ1) is 17.7. The summed E-state index contributed by atoms with van der Waals surface area (Å²) in [6, 6.07) is 11.7. The summed E-state index contributed by atoms with van der Waals surface area (Å²) in [7, 11) is 1.56. The summed E-state index contributed by atoms with van der Waals surface area (Å²) in [6.45, 7) is 3.83. The Balaban J connectivity index is 1.96. The third-order valence-corrected chi connectivity index (χ3v) is 4.24. The molecule has 3 aromatic rings. The number of aryl methyl sites for hydroxylation is 2. The van der Waals surface area contributed by atoms with Crippen molar-refractivity contribution in [1.82, 2.24) is 0 Å². The predicted octanol–water partition coefficient (Wildman–Crippen LogP) is 4.28. The van der Waals surface area contributed by atoms with Crippen molar-refractivity contribution in [1.29, 1.82) is 0 Å². The molecule has 1 heterocycles. The van der Waals surface area contributed by atoms with Crippen LogP contribution in [0.15, 0.2) is 51.7 Å². The third-order valence-electron chi connectivity index (χ3n) is 4.24. The molecule has 0 saturated heterocycles. The molecule has 1 aromatic heterocycles. The van der Waals surface area contributed by atoms with Crippen molar-refractivity contribution in [3.8, 4) is 11.5 Å². The second-order valence-corrected chi connectivity index (χ2v) is 6.02. The zero-order valence-corrected chi connectivity index (χ0v) is 15.0. The van der Waals surface area contributed by atoms with E-state index in [0.717, 1.165) is 23.8 Å². The van der Waals surface area contributed by atoms with Gasteiger partial charge in [-0.3, -0.25) is 0 Å². The summed E-state index contributed by atoms with van der Waals surface area (Å²) < 4.78 is 16.0. The minimum atomic E-state index is -0.484. The normalized spacial score (nSPS) is 10.7. The summed E-state index contributed by atoms with van der Waals surface area (Å²) in [5.74, 6) is 0.547. The van der Waals surface area contributed by atoms with E-state index in [0.29, 0.717) is 28.2 Å². The number of rotatable bonds is 5. The fraction of sp³-hybridized carbons (Fsp3) is 0.238. The van der Waals surface area contributed by atoms with E-state index < -0.39 is 11.6 Å². The number of fused-ring (bicyclic) bond motifs is 1. The maximum Gasteiger partial charge on any atom is 0.343 e. The molecule has 0 fully saturated rings. The second kappa shape index (κ2) is 7.44. The SMILES string of the molecule is CCCc1cc(=O)oc2c(C)c(OC(=O)c3ccc(OC)cc3)ccc12. The Morgan fingerprint density at radius 1 is 1.12 bits per heavy atom. The van der Waals surface area contributed by atoms with Crippen LogP contribution in [0.3, 0.4) is 0 Å². The highest BCUT2D eigenvalue weighted by atomic mass is 16.5. The van der Waals surface area contributed by atoms with Gasteiger partial charge in [-0.15, -0.1) is 0 Å². The van der Waals surface area contributed by atoms with Gasteiger partial charge in [0.25, 0.3) is 0 Å². The Hall–Kier alpha value is -3.08. The second-order valence-electron chi connectivity index (χ2n) is 6.02. The molecule has 26 heavy (non-hydrogen) atoms. The largest absolute Gasteiger partial charge is 0.497 e. The Bertz CT molecular complexity index is 999. The van der Waals surface area contributed by atoms with Gasteiger partial charge in [0.1, 0.15) is 17.1 Å². The summed E-state index contributed by atoms with van der Waals surface area (Å²) in [6.07, 6.45) is 1.71. The molecule has 0 atom stereocenters. The van der Waals surface area contributed by atoms with Gasteiger partial charge < -0.3 is 13.9 Å². The smallest absolute Gasteiger partial charge is 0.343 e. The molecule has 134 valence electrons. The van der Waals surface area contributed by atoms with E-state index in [1.54, 1.807) is 44.4 Å². The first-order valence-corrected chi connectivity index (χ1v) is 8.46. The van der Waals surface area contributed by atoms with Crippen LogP contribution >= 0.6 is 0 Å². The topological polar surface area (TPSA) is 65.7 Å². The number of esters is 1. The van der Waals surface area contributed by atoms with Gasteiger partial charge in [-0.2, -0.15) is 0 Å². The van der Waals surface area contributed by atoms with Crippen LogP contribution in [-0.2, 0) is 6.42 Å². The van der Waals surface area contributed by atoms with E-state index in [9.17, 15) is 9.59 Å². The number of benzene rings is 2. The lowest BCUT2D eigenvalue weighted by Gasteiger charge is -2.11. The molecule has 0 aliphatic rings. The highest BCUT2D eigenvalue weighted by Crippen LogP contribution is 2.29. The van der Waals surface area contributed by atoms with Gasteiger partial charge in [-0.05, 0) is 55.3 Å². The molecule has 0 saturated carbocycles. The van der Waals surface area contributed by atoms with E-state index in [1.165, 1.54) is 6.07 Å². The quantitative estimate of drug-likeness (QED) is 0.389. The van der Waals surface area contributed by atoms with Crippen LogP contribution in [0.4, 0.5) is 0 Å². The minimum Gasteiger partial charge on any atom is -0.497 e. The van der Waals surface area contributed by atoms with Gasteiger partial charge in [0.2, 0.25) is 0 Å². The van der Waals surface area contributed by atoms with Crippen molar-refractivity contribution >= 4 is 16.9 Å². The molecule has 0 bridgehead atoms. The van der Waals surface area contributed by atoms with E-state index in [1.807, 2.05) is 6.07 Å². The molecule has 0 N–H and O–H groups in total. The highest BCUT2D eigenvalue weighted by molar-refractivity contribution is 5.92. The fourth-order valence-electron chi connectivity index (χ4n) is 2.88. The van der Waals surface area contributed by atoms with Crippen LogP contribution in [0.25, 0.3) is 11.0 Å². The van der Waals surface area contributed by atoms with Crippen molar-refractivity contribution in [3.63, 3.8) is 0 Å². The predicted molar refractivity (Wildman–Crippen MR) is 99.2 cm³/mol. The van der Waals surface area contributed by atoms with Crippen LogP contribution in [0.2, 0.25) is 0 Å². The Labute approximate surface area is 151 Å². The number of ether oxygens (including phenoxy) is 2. The average Bonchev–Trinajstić information content (AvgIpc) is 2.64. The third kappa shape index (κ3) is 3.47. The number of methoxy groups -OCH3 is 1. The molecule has 5 nitrogen and oxygen atoms in total. The monoisotopic (exact) mass is 352 g/mol. The molecule has 3 rings (SSSR count). The van der Waals surface area contributed by atoms with E-state index in [-0.39, 0.29) is 0 Å². The molecule has 0 spiro atoms. The lowest BCUT2D eigenvalue weighted by atomic mass is 10.0. The zero-order chi connectivity index (χ0) is 18.7. The maximum absolute atomic E-state index is 12.4. The van der Waals surface area contributed by atoms with E-state index in [2.05, 4.69) is 6.92 Å². The molecular weight excluding hydrogens is 332 g/mol. The minimum absolute atomic E-state index is 0.370. The van der Waals surface area contributed by atoms with E-state index in [4.69, 9.17) is 13.9 Å². The number of carbonyl (C=O) groups is 1. The summed E-state index contributed by atoms with van der Waals surface area (Å²) in [5.41, 5.74) is 2.03. The number of hydrogen-bond donors (Lipinski definition) is 0.